The number of hydrogen-bond donors (Lipinski definition) is 2. The SMILES string of the molecule is CCCCCNCc1ccc(Oc2ccc(C(N)=O)nc2)c(Cl)c1. The average molecular weight is 348 g/mol. The van der Waals surface area contributed by atoms with E-state index in [1.807, 2.05) is 18.2 Å². The molecule has 0 atom stereocenters. The molecule has 1 heterocycles. The topological polar surface area (TPSA) is 77.2 Å². The maximum Gasteiger partial charge on any atom is 0.267 e. The van der Waals surface area contributed by atoms with Crippen LogP contribution in [0.25, 0.3) is 0 Å². The second-order valence-electron chi connectivity index (χ2n) is 5.49. The number of halogens is 1. The fourth-order valence-corrected chi connectivity index (χ4v) is 2.42. The Kier molecular flexibility index (Phi) is 7.03. The van der Waals surface area contributed by atoms with Crippen molar-refractivity contribution in [3.63, 3.8) is 0 Å². The molecule has 5 nitrogen and oxygen atoms in total. The van der Waals surface area contributed by atoms with E-state index in [-0.39, 0.29) is 5.69 Å². The van der Waals surface area contributed by atoms with Crippen molar-refractivity contribution in [1.29, 1.82) is 0 Å². The molecule has 128 valence electrons. The molecular formula is C18H22ClN3O2. The molecule has 0 aliphatic heterocycles. The van der Waals surface area contributed by atoms with Gasteiger partial charge in [-0.3, -0.25) is 4.79 Å². The number of primary amides is 1. The van der Waals surface area contributed by atoms with Gasteiger partial charge in [0.2, 0.25) is 0 Å². The third-order valence-corrected chi connectivity index (χ3v) is 3.79. The maximum atomic E-state index is 11.0. The highest BCUT2D eigenvalue weighted by Crippen LogP contribution is 2.29. The van der Waals surface area contributed by atoms with Gasteiger partial charge in [0, 0.05) is 6.54 Å². The molecule has 24 heavy (non-hydrogen) atoms. The molecule has 0 saturated heterocycles. The lowest BCUT2D eigenvalue weighted by Gasteiger charge is -2.10. The standard InChI is InChI=1S/C18H22ClN3O2/c1-2-3-4-9-21-11-13-5-8-17(15(19)10-13)24-14-6-7-16(18(20)23)22-12-14/h5-8,10,12,21H,2-4,9,11H2,1H3,(H2,20,23). The van der Waals surface area contributed by atoms with Crippen LogP contribution in [-0.4, -0.2) is 17.4 Å². The van der Waals surface area contributed by atoms with E-state index < -0.39 is 5.91 Å². The molecule has 0 unspecified atom stereocenters. The second-order valence-corrected chi connectivity index (χ2v) is 5.90. The first-order valence-corrected chi connectivity index (χ1v) is 8.40. The molecule has 0 aliphatic carbocycles. The van der Waals surface area contributed by atoms with Crippen molar-refractivity contribution in [3.8, 4) is 11.5 Å². The fraction of sp³-hybridized carbons (Fsp3) is 0.333. The molecule has 2 rings (SSSR count). The lowest BCUT2D eigenvalue weighted by molar-refractivity contribution is 0.0995. The summed E-state index contributed by atoms with van der Waals surface area (Å²) in [6, 6.07) is 8.83. The molecule has 3 N–H and O–H groups in total. The summed E-state index contributed by atoms with van der Waals surface area (Å²) < 4.78 is 5.69. The minimum absolute atomic E-state index is 0.193. The average Bonchev–Trinajstić information content (AvgIpc) is 2.57. The fourth-order valence-electron chi connectivity index (χ4n) is 2.18. The Labute approximate surface area is 147 Å². The van der Waals surface area contributed by atoms with Crippen LogP contribution in [0, 0.1) is 0 Å². The monoisotopic (exact) mass is 347 g/mol. The number of pyridine rings is 1. The molecule has 0 saturated carbocycles. The quantitative estimate of drug-likeness (QED) is 0.674. The minimum atomic E-state index is -0.574. The number of carbonyl (C=O) groups excluding carboxylic acids is 1. The number of nitrogens with two attached hydrogens (primary N) is 1. The van der Waals surface area contributed by atoms with Crippen LogP contribution in [0.1, 0.15) is 42.2 Å². The zero-order chi connectivity index (χ0) is 17.4. The molecule has 1 aromatic carbocycles. The number of benzene rings is 1. The van der Waals surface area contributed by atoms with E-state index in [0.29, 0.717) is 16.5 Å². The molecule has 6 heteroatoms. The molecule has 0 radical (unpaired) electrons. The Balaban J connectivity index is 1.93. The summed E-state index contributed by atoms with van der Waals surface area (Å²) in [5.41, 5.74) is 6.45. The van der Waals surface area contributed by atoms with E-state index in [4.69, 9.17) is 22.1 Å². The number of hydrogen-bond acceptors (Lipinski definition) is 4. The predicted molar refractivity (Wildman–Crippen MR) is 95.5 cm³/mol. The normalized spacial score (nSPS) is 10.6. The van der Waals surface area contributed by atoms with Crippen LogP contribution in [0.3, 0.4) is 0 Å². The van der Waals surface area contributed by atoms with Gasteiger partial charge in [-0.2, -0.15) is 0 Å². The lowest BCUT2D eigenvalue weighted by atomic mass is 10.2. The van der Waals surface area contributed by atoms with Crippen molar-refractivity contribution >= 4 is 17.5 Å². The van der Waals surface area contributed by atoms with Gasteiger partial charge >= 0.3 is 0 Å². The van der Waals surface area contributed by atoms with Crippen LogP contribution in [0.4, 0.5) is 0 Å². The molecule has 0 spiro atoms. The third kappa shape index (κ3) is 5.51. The molecule has 2 aromatic rings. The maximum absolute atomic E-state index is 11.0. The number of nitrogens with one attached hydrogen (secondary N) is 1. The first-order valence-electron chi connectivity index (χ1n) is 8.03. The summed E-state index contributed by atoms with van der Waals surface area (Å²) in [5, 5.41) is 3.93. The summed E-state index contributed by atoms with van der Waals surface area (Å²) in [6.07, 6.45) is 5.08. The number of aromatic nitrogens is 1. The lowest BCUT2D eigenvalue weighted by Crippen LogP contribution is -2.14. The minimum Gasteiger partial charge on any atom is -0.454 e. The van der Waals surface area contributed by atoms with Gasteiger partial charge in [-0.25, -0.2) is 4.98 Å². The number of amides is 1. The highest BCUT2D eigenvalue weighted by molar-refractivity contribution is 6.32. The molecule has 1 amide bonds. The molecule has 0 aliphatic rings. The van der Waals surface area contributed by atoms with Crippen LogP contribution >= 0.6 is 11.6 Å². The highest BCUT2D eigenvalue weighted by atomic mass is 35.5. The highest BCUT2D eigenvalue weighted by Gasteiger charge is 2.07. The molecule has 0 fully saturated rings. The van der Waals surface area contributed by atoms with Crippen LogP contribution in [-0.2, 0) is 6.54 Å². The number of nitrogens with zero attached hydrogens (tertiary/aromatic N) is 1. The van der Waals surface area contributed by atoms with E-state index in [0.717, 1.165) is 18.7 Å². The van der Waals surface area contributed by atoms with Crippen LogP contribution in [0.5, 0.6) is 11.5 Å². The van der Waals surface area contributed by atoms with Crippen LogP contribution in [0.2, 0.25) is 5.02 Å². The Morgan fingerprint density at radius 3 is 2.75 bits per heavy atom. The molecular weight excluding hydrogens is 326 g/mol. The van der Waals surface area contributed by atoms with E-state index in [2.05, 4.69) is 17.2 Å². The summed E-state index contributed by atoms with van der Waals surface area (Å²) in [5.74, 6) is 0.461. The van der Waals surface area contributed by atoms with E-state index in [1.165, 1.54) is 31.5 Å². The van der Waals surface area contributed by atoms with Gasteiger partial charge in [-0.05, 0) is 42.8 Å². The van der Waals surface area contributed by atoms with E-state index in [9.17, 15) is 4.79 Å². The number of carbonyl (C=O) groups is 1. The zero-order valence-corrected chi connectivity index (χ0v) is 14.5. The van der Waals surface area contributed by atoms with Crippen molar-refractivity contribution in [2.75, 3.05) is 6.54 Å². The van der Waals surface area contributed by atoms with Gasteiger partial charge in [-0.15, -0.1) is 0 Å². The third-order valence-electron chi connectivity index (χ3n) is 3.50. The van der Waals surface area contributed by atoms with Crippen LogP contribution in [0.15, 0.2) is 36.5 Å². The van der Waals surface area contributed by atoms with Crippen LogP contribution < -0.4 is 15.8 Å². The Morgan fingerprint density at radius 2 is 2.12 bits per heavy atom. The van der Waals surface area contributed by atoms with Crippen molar-refractivity contribution in [2.24, 2.45) is 5.73 Å². The number of rotatable bonds is 9. The van der Waals surface area contributed by atoms with Crippen molar-refractivity contribution in [2.45, 2.75) is 32.7 Å². The van der Waals surface area contributed by atoms with Gasteiger partial charge in [0.1, 0.15) is 17.2 Å². The van der Waals surface area contributed by atoms with Gasteiger partial charge in [0.25, 0.3) is 5.91 Å². The van der Waals surface area contributed by atoms with Crippen molar-refractivity contribution < 1.29 is 9.53 Å². The zero-order valence-electron chi connectivity index (χ0n) is 13.7. The summed E-state index contributed by atoms with van der Waals surface area (Å²) in [7, 11) is 0. The summed E-state index contributed by atoms with van der Waals surface area (Å²) in [4.78, 5) is 14.9. The largest absolute Gasteiger partial charge is 0.454 e. The first-order chi connectivity index (χ1) is 11.6. The Bertz CT molecular complexity index is 674. The van der Waals surface area contributed by atoms with E-state index in [1.54, 1.807) is 6.07 Å². The first kappa shape index (κ1) is 18.2. The second kappa shape index (κ2) is 9.25. The van der Waals surface area contributed by atoms with Gasteiger partial charge in [0.15, 0.2) is 0 Å². The Morgan fingerprint density at radius 1 is 1.29 bits per heavy atom. The number of ether oxygens (including phenoxy) is 1. The predicted octanol–water partition coefficient (Wildman–Crippen LogP) is 3.91. The van der Waals surface area contributed by atoms with Crippen molar-refractivity contribution in [3.05, 3.63) is 52.8 Å². The van der Waals surface area contributed by atoms with Gasteiger partial charge in [-0.1, -0.05) is 37.4 Å². The number of unbranched alkanes of at least 4 members (excludes halogenated alkanes) is 2. The van der Waals surface area contributed by atoms with Gasteiger partial charge in [0.05, 0.1) is 11.2 Å². The molecule has 1 aromatic heterocycles. The van der Waals surface area contributed by atoms with Crippen molar-refractivity contribution in [1.82, 2.24) is 10.3 Å². The van der Waals surface area contributed by atoms with Gasteiger partial charge < -0.3 is 15.8 Å². The summed E-state index contributed by atoms with van der Waals surface area (Å²) in [6.45, 7) is 3.97. The van der Waals surface area contributed by atoms with E-state index >= 15 is 0 Å². The molecule has 0 bridgehead atoms. The smallest absolute Gasteiger partial charge is 0.267 e. The summed E-state index contributed by atoms with van der Waals surface area (Å²) >= 11 is 6.28. The Hall–Kier alpha value is -2.11.